The number of fused-ring (bicyclic) bond motifs is 1. The summed E-state index contributed by atoms with van der Waals surface area (Å²) in [6, 6.07) is 2.41. The number of amides is 2. The average molecular weight is 363 g/mol. The number of carbonyl (C=O) groups excluding carboxylic acids is 2. The van der Waals surface area contributed by atoms with Gasteiger partial charge >= 0.3 is 0 Å². The van der Waals surface area contributed by atoms with Crippen LogP contribution in [-0.4, -0.2) is 81.2 Å². The number of aromatic nitrogens is 2. The Labute approximate surface area is 154 Å². The predicted molar refractivity (Wildman–Crippen MR) is 96.2 cm³/mol. The van der Waals surface area contributed by atoms with E-state index in [4.69, 9.17) is 0 Å². The number of aliphatic hydroxyl groups is 1. The summed E-state index contributed by atoms with van der Waals surface area (Å²) < 4.78 is 1.94. The molecule has 144 valence electrons. The normalized spacial score (nSPS) is 19.9. The molecular formula is C18H29N5O3. The fourth-order valence-electron chi connectivity index (χ4n) is 3.78. The molecule has 2 aliphatic rings. The number of nitrogens with zero attached hydrogens (tertiary/aromatic N) is 5. The molecule has 0 radical (unpaired) electrons. The van der Waals surface area contributed by atoms with Gasteiger partial charge in [0.2, 0.25) is 11.8 Å². The highest BCUT2D eigenvalue weighted by molar-refractivity contribution is 5.76. The molecule has 1 fully saturated rings. The first-order valence-electron chi connectivity index (χ1n) is 9.29. The van der Waals surface area contributed by atoms with Gasteiger partial charge in [0.15, 0.2) is 0 Å². The molecule has 26 heavy (non-hydrogen) atoms. The molecule has 2 aliphatic heterocycles. The van der Waals surface area contributed by atoms with Crippen molar-refractivity contribution in [3.63, 3.8) is 0 Å². The van der Waals surface area contributed by atoms with Gasteiger partial charge in [0.05, 0.1) is 24.4 Å². The van der Waals surface area contributed by atoms with Gasteiger partial charge < -0.3 is 14.9 Å². The van der Waals surface area contributed by atoms with Crippen molar-refractivity contribution >= 4 is 11.8 Å². The molecule has 1 unspecified atom stereocenters. The molecule has 0 saturated carbocycles. The zero-order valence-corrected chi connectivity index (χ0v) is 15.9. The Morgan fingerprint density at radius 2 is 1.96 bits per heavy atom. The maximum atomic E-state index is 11.8. The summed E-state index contributed by atoms with van der Waals surface area (Å²) in [5, 5.41) is 14.8. The van der Waals surface area contributed by atoms with Crippen LogP contribution in [0.1, 0.15) is 43.7 Å². The summed E-state index contributed by atoms with van der Waals surface area (Å²) >= 11 is 0. The molecule has 1 atom stereocenters. The van der Waals surface area contributed by atoms with Crippen molar-refractivity contribution < 1.29 is 14.7 Å². The van der Waals surface area contributed by atoms with E-state index >= 15 is 0 Å². The van der Waals surface area contributed by atoms with E-state index in [1.165, 1.54) is 4.90 Å². The minimum absolute atomic E-state index is 0.0523. The van der Waals surface area contributed by atoms with Crippen LogP contribution in [0.4, 0.5) is 0 Å². The van der Waals surface area contributed by atoms with Crippen LogP contribution < -0.4 is 0 Å². The van der Waals surface area contributed by atoms with Crippen molar-refractivity contribution in [1.29, 1.82) is 0 Å². The molecule has 0 bridgehead atoms. The van der Waals surface area contributed by atoms with Crippen LogP contribution in [0.2, 0.25) is 0 Å². The Balaban J connectivity index is 1.60. The summed E-state index contributed by atoms with van der Waals surface area (Å²) in [5.41, 5.74) is 1.65. The van der Waals surface area contributed by atoms with Gasteiger partial charge in [-0.15, -0.1) is 0 Å². The lowest BCUT2D eigenvalue weighted by atomic mass is 10.0. The third kappa shape index (κ3) is 4.07. The Morgan fingerprint density at radius 1 is 1.27 bits per heavy atom. The number of carbonyl (C=O) groups is 2. The van der Waals surface area contributed by atoms with E-state index in [-0.39, 0.29) is 18.2 Å². The Bertz CT molecular complexity index is 664. The van der Waals surface area contributed by atoms with Crippen LogP contribution in [0.3, 0.4) is 0 Å². The van der Waals surface area contributed by atoms with Crippen LogP contribution in [-0.2, 0) is 22.7 Å². The second-order valence-electron chi connectivity index (χ2n) is 7.50. The van der Waals surface area contributed by atoms with Gasteiger partial charge in [0.25, 0.3) is 0 Å². The Morgan fingerprint density at radius 3 is 2.58 bits per heavy atom. The molecule has 3 heterocycles. The highest BCUT2D eigenvalue weighted by Gasteiger charge is 2.29. The third-order valence-electron chi connectivity index (χ3n) is 5.48. The maximum absolute atomic E-state index is 11.8. The van der Waals surface area contributed by atoms with E-state index in [2.05, 4.69) is 10.00 Å². The van der Waals surface area contributed by atoms with E-state index in [1.54, 1.807) is 21.0 Å². The number of hydrogen-bond acceptors (Lipinski definition) is 5. The average Bonchev–Trinajstić information content (AvgIpc) is 3.05. The maximum Gasteiger partial charge on any atom is 0.225 e. The van der Waals surface area contributed by atoms with Crippen molar-refractivity contribution in [2.45, 2.75) is 51.4 Å². The zero-order valence-electron chi connectivity index (χ0n) is 15.9. The number of piperidine rings is 1. The SMILES string of the molecule is CC(=O)N1CCC(N2CCn3nc(C(O)CC(=O)N(C)C)cc3C2)CC1. The first-order chi connectivity index (χ1) is 12.3. The summed E-state index contributed by atoms with van der Waals surface area (Å²) in [5.74, 6) is 0.0494. The molecule has 1 N–H and O–H groups in total. The summed E-state index contributed by atoms with van der Waals surface area (Å²) in [6.45, 7) is 5.79. The number of likely N-dealkylation sites (tertiary alicyclic amines) is 1. The fraction of sp³-hybridized carbons (Fsp3) is 0.722. The van der Waals surface area contributed by atoms with Crippen LogP contribution >= 0.6 is 0 Å². The van der Waals surface area contributed by atoms with Crippen LogP contribution in [0, 0.1) is 0 Å². The van der Waals surface area contributed by atoms with E-state index in [9.17, 15) is 14.7 Å². The van der Waals surface area contributed by atoms with Gasteiger partial charge in [0, 0.05) is 53.2 Å². The molecule has 8 heteroatoms. The molecule has 8 nitrogen and oxygen atoms in total. The molecule has 2 amide bonds. The molecular weight excluding hydrogens is 334 g/mol. The van der Waals surface area contributed by atoms with Crippen molar-refractivity contribution in [3.8, 4) is 0 Å². The van der Waals surface area contributed by atoms with Crippen molar-refractivity contribution in [3.05, 3.63) is 17.5 Å². The molecule has 3 rings (SSSR count). The Hall–Kier alpha value is -1.93. The van der Waals surface area contributed by atoms with E-state index in [1.807, 2.05) is 15.6 Å². The summed E-state index contributed by atoms with van der Waals surface area (Å²) in [6.07, 6.45) is 1.19. The Kier molecular flexibility index (Phi) is 5.62. The molecule has 1 saturated heterocycles. The lowest BCUT2D eigenvalue weighted by molar-refractivity contribution is -0.131. The van der Waals surface area contributed by atoms with E-state index in [0.717, 1.165) is 51.3 Å². The van der Waals surface area contributed by atoms with Gasteiger partial charge in [-0.25, -0.2) is 0 Å². The van der Waals surface area contributed by atoms with Gasteiger partial charge in [-0.2, -0.15) is 5.10 Å². The molecule has 0 aliphatic carbocycles. The zero-order chi connectivity index (χ0) is 18.8. The number of rotatable bonds is 4. The van der Waals surface area contributed by atoms with Crippen LogP contribution in [0.5, 0.6) is 0 Å². The smallest absolute Gasteiger partial charge is 0.225 e. The molecule has 0 aromatic carbocycles. The van der Waals surface area contributed by atoms with Crippen LogP contribution in [0.25, 0.3) is 0 Å². The van der Waals surface area contributed by atoms with E-state index < -0.39 is 6.10 Å². The lowest BCUT2D eigenvalue weighted by Crippen LogP contribution is -2.48. The van der Waals surface area contributed by atoms with E-state index in [0.29, 0.717) is 11.7 Å². The van der Waals surface area contributed by atoms with Crippen molar-refractivity contribution in [2.75, 3.05) is 33.7 Å². The van der Waals surface area contributed by atoms with Crippen LogP contribution in [0.15, 0.2) is 6.07 Å². The van der Waals surface area contributed by atoms with Gasteiger partial charge in [-0.3, -0.25) is 19.2 Å². The third-order valence-corrected chi connectivity index (χ3v) is 5.48. The monoisotopic (exact) mass is 363 g/mol. The summed E-state index contributed by atoms with van der Waals surface area (Å²) in [4.78, 5) is 29.1. The molecule has 1 aromatic rings. The second kappa shape index (κ2) is 7.75. The van der Waals surface area contributed by atoms with Gasteiger partial charge in [-0.05, 0) is 18.9 Å². The largest absolute Gasteiger partial charge is 0.386 e. The second-order valence-corrected chi connectivity index (χ2v) is 7.50. The molecule has 1 aromatic heterocycles. The predicted octanol–water partition coefficient (Wildman–Crippen LogP) is 0.221. The number of hydrogen-bond donors (Lipinski definition) is 1. The first-order valence-corrected chi connectivity index (χ1v) is 9.29. The highest BCUT2D eigenvalue weighted by Crippen LogP contribution is 2.25. The first kappa shape index (κ1) is 18.8. The fourth-order valence-corrected chi connectivity index (χ4v) is 3.78. The minimum atomic E-state index is -0.866. The minimum Gasteiger partial charge on any atom is -0.386 e. The van der Waals surface area contributed by atoms with Gasteiger partial charge in [-0.1, -0.05) is 0 Å². The van der Waals surface area contributed by atoms with Crippen molar-refractivity contribution in [1.82, 2.24) is 24.5 Å². The number of aliphatic hydroxyl groups excluding tert-OH is 1. The summed E-state index contributed by atoms with van der Waals surface area (Å²) in [7, 11) is 3.37. The quantitative estimate of drug-likeness (QED) is 0.828. The topological polar surface area (TPSA) is 81.9 Å². The molecule has 0 spiro atoms. The highest BCUT2D eigenvalue weighted by atomic mass is 16.3. The standard InChI is InChI=1S/C18H29N5O3/c1-13(24)21-6-4-14(5-7-21)22-8-9-23-15(12-22)10-16(19-23)17(25)11-18(26)20(2)3/h10,14,17,25H,4-9,11-12H2,1-3H3. The van der Waals surface area contributed by atoms with Gasteiger partial charge in [0.1, 0.15) is 6.10 Å². The van der Waals surface area contributed by atoms with Crippen molar-refractivity contribution in [2.24, 2.45) is 0 Å². The lowest BCUT2D eigenvalue weighted by Gasteiger charge is -2.40.